The van der Waals surface area contributed by atoms with Crippen LogP contribution >= 0.6 is 11.3 Å². The SMILES string of the molecule is CCOc1ccc(-c2nc3sc4cc(OC)ccc4n3c2C)cc1. The van der Waals surface area contributed by atoms with E-state index in [0.29, 0.717) is 6.61 Å². The average molecular weight is 338 g/mol. The fraction of sp³-hybridized carbons (Fsp3) is 0.211. The van der Waals surface area contributed by atoms with E-state index in [4.69, 9.17) is 14.5 Å². The lowest BCUT2D eigenvalue weighted by Gasteiger charge is -2.04. The molecule has 0 aliphatic rings. The summed E-state index contributed by atoms with van der Waals surface area (Å²) in [5.41, 5.74) is 4.43. The molecule has 0 saturated carbocycles. The molecule has 122 valence electrons. The average Bonchev–Trinajstić information content (AvgIpc) is 3.12. The minimum absolute atomic E-state index is 0.675. The highest BCUT2D eigenvalue weighted by atomic mass is 32.1. The molecule has 0 unspecified atom stereocenters. The van der Waals surface area contributed by atoms with Crippen molar-refractivity contribution in [1.29, 1.82) is 0 Å². The van der Waals surface area contributed by atoms with Gasteiger partial charge in [-0.15, -0.1) is 0 Å². The van der Waals surface area contributed by atoms with Gasteiger partial charge in [0.05, 0.1) is 29.6 Å². The largest absolute Gasteiger partial charge is 0.497 e. The quantitative estimate of drug-likeness (QED) is 0.529. The van der Waals surface area contributed by atoms with Crippen molar-refractivity contribution in [3.05, 3.63) is 48.2 Å². The van der Waals surface area contributed by atoms with Gasteiger partial charge in [0.1, 0.15) is 11.5 Å². The topological polar surface area (TPSA) is 35.8 Å². The van der Waals surface area contributed by atoms with Gasteiger partial charge in [-0.05, 0) is 56.3 Å². The summed E-state index contributed by atoms with van der Waals surface area (Å²) in [6.45, 7) is 4.78. The molecule has 4 rings (SSSR count). The van der Waals surface area contributed by atoms with Gasteiger partial charge >= 0.3 is 0 Å². The molecule has 0 aliphatic heterocycles. The minimum atomic E-state index is 0.675. The molecule has 5 heteroatoms. The molecule has 0 atom stereocenters. The van der Waals surface area contributed by atoms with Crippen molar-refractivity contribution in [3.63, 3.8) is 0 Å². The van der Waals surface area contributed by atoms with E-state index in [1.54, 1.807) is 18.4 Å². The number of aryl methyl sites for hydroxylation is 1. The molecule has 0 spiro atoms. The number of hydrogen-bond acceptors (Lipinski definition) is 4. The Kier molecular flexibility index (Phi) is 3.65. The van der Waals surface area contributed by atoms with Gasteiger partial charge in [-0.25, -0.2) is 4.98 Å². The number of hydrogen-bond donors (Lipinski definition) is 0. The molecule has 2 aromatic heterocycles. The Labute approximate surface area is 144 Å². The van der Waals surface area contributed by atoms with Gasteiger partial charge in [-0.3, -0.25) is 4.40 Å². The fourth-order valence-corrected chi connectivity index (χ4v) is 4.06. The van der Waals surface area contributed by atoms with Crippen LogP contribution in [0.5, 0.6) is 11.5 Å². The molecular formula is C19H18N2O2S. The second-order valence-electron chi connectivity index (χ2n) is 5.56. The molecule has 0 radical (unpaired) electrons. The maximum absolute atomic E-state index is 5.51. The van der Waals surface area contributed by atoms with Gasteiger partial charge in [0.15, 0.2) is 4.96 Å². The monoisotopic (exact) mass is 338 g/mol. The number of thiazole rings is 1. The van der Waals surface area contributed by atoms with E-state index in [2.05, 4.69) is 35.6 Å². The Balaban J connectivity index is 1.83. The first kappa shape index (κ1) is 15.0. The number of benzene rings is 2. The number of ether oxygens (including phenoxy) is 2. The van der Waals surface area contributed by atoms with Crippen LogP contribution in [0, 0.1) is 6.92 Å². The van der Waals surface area contributed by atoms with Crippen LogP contribution in [0.2, 0.25) is 0 Å². The zero-order valence-corrected chi connectivity index (χ0v) is 14.7. The summed E-state index contributed by atoms with van der Waals surface area (Å²) in [7, 11) is 1.69. The first-order valence-electron chi connectivity index (χ1n) is 7.90. The van der Waals surface area contributed by atoms with Crippen molar-refractivity contribution in [2.75, 3.05) is 13.7 Å². The van der Waals surface area contributed by atoms with Crippen molar-refractivity contribution >= 4 is 26.5 Å². The molecule has 2 heterocycles. The Morgan fingerprint density at radius 3 is 2.54 bits per heavy atom. The van der Waals surface area contributed by atoms with E-state index < -0.39 is 0 Å². The number of nitrogens with zero attached hydrogens (tertiary/aromatic N) is 2. The van der Waals surface area contributed by atoms with Crippen LogP contribution in [-0.4, -0.2) is 23.1 Å². The van der Waals surface area contributed by atoms with Crippen molar-refractivity contribution in [3.8, 4) is 22.8 Å². The molecule has 0 N–H and O–H groups in total. The lowest BCUT2D eigenvalue weighted by Crippen LogP contribution is -1.91. The maximum atomic E-state index is 5.51. The van der Waals surface area contributed by atoms with E-state index in [9.17, 15) is 0 Å². The Hall–Kier alpha value is -2.53. The summed E-state index contributed by atoms with van der Waals surface area (Å²) >= 11 is 1.68. The zero-order chi connectivity index (χ0) is 16.7. The second kappa shape index (κ2) is 5.83. The van der Waals surface area contributed by atoms with Gasteiger partial charge in [0.2, 0.25) is 0 Å². The molecule has 4 nitrogen and oxygen atoms in total. The van der Waals surface area contributed by atoms with Crippen molar-refractivity contribution in [2.45, 2.75) is 13.8 Å². The molecule has 4 aromatic rings. The molecule has 0 amide bonds. The summed E-state index contributed by atoms with van der Waals surface area (Å²) in [4.78, 5) is 5.85. The molecule has 0 fully saturated rings. The van der Waals surface area contributed by atoms with Gasteiger partial charge in [-0.2, -0.15) is 0 Å². The maximum Gasteiger partial charge on any atom is 0.195 e. The van der Waals surface area contributed by atoms with Crippen LogP contribution < -0.4 is 9.47 Å². The fourth-order valence-electron chi connectivity index (χ4n) is 2.96. The van der Waals surface area contributed by atoms with E-state index >= 15 is 0 Å². The van der Waals surface area contributed by atoms with Crippen molar-refractivity contribution in [2.24, 2.45) is 0 Å². The third-order valence-corrected chi connectivity index (χ3v) is 5.13. The van der Waals surface area contributed by atoms with Crippen LogP contribution in [0.15, 0.2) is 42.5 Å². The first-order valence-corrected chi connectivity index (χ1v) is 8.71. The summed E-state index contributed by atoms with van der Waals surface area (Å²) in [6, 6.07) is 14.3. The molecule has 24 heavy (non-hydrogen) atoms. The highest BCUT2D eigenvalue weighted by Crippen LogP contribution is 2.34. The molecule has 0 bridgehead atoms. The zero-order valence-electron chi connectivity index (χ0n) is 13.9. The third kappa shape index (κ3) is 2.32. The van der Waals surface area contributed by atoms with E-state index in [-0.39, 0.29) is 0 Å². The summed E-state index contributed by atoms with van der Waals surface area (Å²) in [5.74, 6) is 1.76. The van der Waals surface area contributed by atoms with Crippen molar-refractivity contribution in [1.82, 2.24) is 9.38 Å². The Bertz CT molecular complexity index is 1020. The number of rotatable bonds is 4. The van der Waals surface area contributed by atoms with E-state index in [1.807, 2.05) is 25.1 Å². The van der Waals surface area contributed by atoms with Crippen LogP contribution in [0.25, 0.3) is 26.4 Å². The van der Waals surface area contributed by atoms with Crippen molar-refractivity contribution < 1.29 is 9.47 Å². The van der Waals surface area contributed by atoms with Gasteiger partial charge in [-0.1, -0.05) is 11.3 Å². The second-order valence-corrected chi connectivity index (χ2v) is 6.57. The minimum Gasteiger partial charge on any atom is -0.497 e. The van der Waals surface area contributed by atoms with Crippen LogP contribution in [0.1, 0.15) is 12.6 Å². The Morgan fingerprint density at radius 2 is 1.83 bits per heavy atom. The predicted octanol–water partition coefficient (Wildman–Crippen LogP) is 4.93. The van der Waals surface area contributed by atoms with E-state index in [1.165, 1.54) is 4.70 Å². The number of imidazole rings is 1. The van der Waals surface area contributed by atoms with Crippen LogP contribution in [0.4, 0.5) is 0 Å². The lowest BCUT2D eigenvalue weighted by atomic mass is 10.1. The highest BCUT2D eigenvalue weighted by Gasteiger charge is 2.15. The number of methoxy groups -OCH3 is 1. The van der Waals surface area contributed by atoms with Crippen LogP contribution in [-0.2, 0) is 0 Å². The normalized spacial score (nSPS) is 11.3. The smallest absolute Gasteiger partial charge is 0.195 e. The van der Waals surface area contributed by atoms with E-state index in [0.717, 1.165) is 38.9 Å². The van der Waals surface area contributed by atoms with Gasteiger partial charge in [0.25, 0.3) is 0 Å². The molecule has 2 aromatic carbocycles. The highest BCUT2D eigenvalue weighted by molar-refractivity contribution is 7.23. The molecule has 0 saturated heterocycles. The summed E-state index contributed by atoms with van der Waals surface area (Å²) in [5, 5.41) is 0. The molecular weight excluding hydrogens is 320 g/mol. The predicted molar refractivity (Wildman–Crippen MR) is 98.5 cm³/mol. The third-order valence-electron chi connectivity index (χ3n) is 4.12. The van der Waals surface area contributed by atoms with Crippen LogP contribution in [0.3, 0.4) is 0 Å². The standard InChI is InChI=1S/C19H18N2O2S/c1-4-23-14-7-5-13(6-8-14)18-12(2)21-16-10-9-15(22-3)11-17(16)24-19(21)20-18/h5-11H,4H2,1-3H3. The number of fused-ring (bicyclic) bond motifs is 3. The summed E-state index contributed by atoms with van der Waals surface area (Å²) < 4.78 is 14.2. The first-order chi connectivity index (χ1) is 11.7. The Morgan fingerprint density at radius 1 is 1.08 bits per heavy atom. The summed E-state index contributed by atoms with van der Waals surface area (Å²) in [6.07, 6.45) is 0. The number of aromatic nitrogens is 2. The van der Waals surface area contributed by atoms with Gasteiger partial charge in [0, 0.05) is 11.3 Å². The molecule has 0 aliphatic carbocycles. The van der Waals surface area contributed by atoms with Gasteiger partial charge < -0.3 is 9.47 Å². The lowest BCUT2D eigenvalue weighted by molar-refractivity contribution is 0.340.